The summed E-state index contributed by atoms with van der Waals surface area (Å²) in [6, 6.07) is 9.44. The number of benzene rings is 1. The maximum absolute atomic E-state index is 3.48. The van der Waals surface area contributed by atoms with Gasteiger partial charge in [0.15, 0.2) is 0 Å². The Hall–Kier alpha value is -0.860. The Labute approximate surface area is 105 Å². The largest absolute Gasteiger partial charge is 0.314 e. The molecule has 1 atom stereocenters. The summed E-state index contributed by atoms with van der Waals surface area (Å²) in [6.45, 7) is 12.4. The summed E-state index contributed by atoms with van der Waals surface area (Å²) >= 11 is 0. The molecule has 1 aromatic carbocycles. The van der Waals surface area contributed by atoms with E-state index in [1.165, 1.54) is 11.1 Å². The summed E-state index contributed by atoms with van der Waals surface area (Å²) < 4.78 is 0. The van der Waals surface area contributed by atoms with Gasteiger partial charge in [0.25, 0.3) is 0 Å². The second kappa shape index (κ2) is 4.79. The van der Waals surface area contributed by atoms with E-state index >= 15 is 0 Å². The zero-order chi connectivity index (χ0) is 12.5. The van der Waals surface area contributed by atoms with E-state index in [1.807, 2.05) is 0 Å². The third kappa shape index (κ3) is 2.70. The zero-order valence-corrected chi connectivity index (χ0v) is 11.5. The van der Waals surface area contributed by atoms with Crippen molar-refractivity contribution in [3.8, 4) is 0 Å². The van der Waals surface area contributed by atoms with Crippen LogP contribution in [0.4, 0.5) is 0 Å². The van der Waals surface area contributed by atoms with Crippen LogP contribution in [-0.2, 0) is 0 Å². The number of nitrogens with zero attached hydrogens (tertiary/aromatic N) is 1. The van der Waals surface area contributed by atoms with Crippen molar-refractivity contribution in [2.24, 2.45) is 0 Å². The van der Waals surface area contributed by atoms with E-state index in [0.717, 1.165) is 19.6 Å². The van der Waals surface area contributed by atoms with Crippen molar-refractivity contribution in [3.63, 3.8) is 0 Å². The zero-order valence-electron chi connectivity index (χ0n) is 11.5. The molecule has 0 spiro atoms. The Bertz CT molecular complexity index is 367. The van der Waals surface area contributed by atoms with Crippen LogP contribution in [-0.4, -0.2) is 30.1 Å². The maximum Gasteiger partial charge on any atom is 0.0326 e. The second-order valence-corrected chi connectivity index (χ2v) is 5.77. The topological polar surface area (TPSA) is 15.3 Å². The number of rotatable bonds is 2. The SMILES string of the molecule is Cc1ccc(C(C)N2CCNCC2(C)C)cc1. The molecular weight excluding hydrogens is 208 g/mol. The molecule has 1 unspecified atom stereocenters. The van der Waals surface area contributed by atoms with Crippen molar-refractivity contribution < 1.29 is 0 Å². The average molecular weight is 232 g/mol. The van der Waals surface area contributed by atoms with Crippen LogP contribution in [0, 0.1) is 6.92 Å². The molecule has 1 fully saturated rings. The summed E-state index contributed by atoms with van der Waals surface area (Å²) in [5.41, 5.74) is 2.99. The minimum atomic E-state index is 0.239. The fourth-order valence-corrected chi connectivity index (χ4v) is 2.74. The van der Waals surface area contributed by atoms with E-state index in [-0.39, 0.29) is 5.54 Å². The van der Waals surface area contributed by atoms with Crippen molar-refractivity contribution in [1.29, 1.82) is 0 Å². The van der Waals surface area contributed by atoms with Gasteiger partial charge in [0, 0.05) is 31.2 Å². The van der Waals surface area contributed by atoms with E-state index in [1.54, 1.807) is 0 Å². The molecule has 1 N–H and O–H groups in total. The number of piperazine rings is 1. The van der Waals surface area contributed by atoms with Gasteiger partial charge in [-0.2, -0.15) is 0 Å². The van der Waals surface area contributed by atoms with E-state index < -0.39 is 0 Å². The van der Waals surface area contributed by atoms with Gasteiger partial charge in [-0.15, -0.1) is 0 Å². The lowest BCUT2D eigenvalue weighted by Gasteiger charge is -2.46. The smallest absolute Gasteiger partial charge is 0.0326 e. The molecule has 0 bridgehead atoms. The molecule has 1 saturated heterocycles. The second-order valence-electron chi connectivity index (χ2n) is 5.77. The van der Waals surface area contributed by atoms with Crippen LogP contribution in [0.3, 0.4) is 0 Å². The molecule has 0 aliphatic carbocycles. The number of hydrogen-bond donors (Lipinski definition) is 1. The third-order valence-corrected chi connectivity index (χ3v) is 3.89. The molecule has 2 rings (SSSR count). The first-order chi connectivity index (χ1) is 8.00. The molecule has 17 heavy (non-hydrogen) atoms. The molecule has 0 saturated carbocycles. The number of aryl methyl sites for hydroxylation is 1. The minimum Gasteiger partial charge on any atom is -0.314 e. The molecule has 2 heteroatoms. The highest BCUT2D eigenvalue weighted by Crippen LogP contribution is 2.29. The lowest BCUT2D eigenvalue weighted by atomic mass is 9.95. The van der Waals surface area contributed by atoms with Crippen LogP contribution >= 0.6 is 0 Å². The van der Waals surface area contributed by atoms with E-state index in [2.05, 4.69) is 62.2 Å². The quantitative estimate of drug-likeness (QED) is 0.843. The molecule has 0 amide bonds. The molecule has 2 nitrogen and oxygen atoms in total. The highest BCUT2D eigenvalue weighted by molar-refractivity contribution is 5.24. The standard InChI is InChI=1S/C15H24N2/c1-12-5-7-14(8-6-12)13(2)17-10-9-16-11-15(17,3)4/h5-8,13,16H,9-11H2,1-4H3. The van der Waals surface area contributed by atoms with Crippen LogP contribution in [0.15, 0.2) is 24.3 Å². The van der Waals surface area contributed by atoms with Gasteiger partial charge in [-0.3, -0.25) is 4.90 Å². The first-order valence-electron chi connectivity index (χ1n) is 6.55. The first kappa shape index (κ1) is 12.6. The third-order valence-electron chi connectivity index (χ3n) is 3.89. The van der Waals surface area contributed by atoms with Gasteiger partial charge in [0.1, 0.15) is 0 Å². The fourth-order valence-electron chi connectivity index (χ4n) is 2.74. The number of nitrogens with one attached hydrogen (secondary N) is 1. The normalized spacial score (nSPS) is 22.4. The van der Waals surface area contributed by atoms with Crippen LogP contribution in [0.2, 0.25) is 0 Å². The van der Waals surface area contributed by atoms with Crippen LogP contribution in [0.1, 0.15) is 37.9 Å². The maximum atomic E-state index is 3.48. The van der Waals surface area contributed by atoms with Crippen LogP contribution < -0.4 is 5.32 Å². The molecule has 1 aromatic rings. The molecule has 0 radical (unpaired) electrons. The molecule has 1 aliphatic rings. The predicted molar refractivity (Wildman–Crippen MR) is 73.2 cm³/mol. The monoisotopic (exact) mass is 232 g/mol. The van der Waals surface area contributed by atoms with Gasteiger partial charge in [0.05, 0.1) is 0 Å². The van der Waals surface area contributed by atoms with Gasteiger partial charge in [-0.05, 0) is 33.3 Å². The summed E-state index contributed by atoms with van der Waals surface area (Å²) in [5, 5.41) is 3.48. The minimum absolute atomic E-state index is 0.239. The highest BCUT2D eigenvalue weighted by atomic mass is 15.3. The summed E-state index contributed by atoms with van der Waals surface area (Å²) in [4.78, 5) is 2.61. The van der Waals surface area contributed by atoms with E-state index in [0.29, 0.717) is 6.04 Å². The van der Waals surface area contributed by atoms with Crippen molar-refractivity contribution >= 4 is 0 Å². The predicted octanol–water partition coefficient (Wildman–Crippen LogP) is 2.74. The van der Waals surface area contributed by atoms with Gasteiger partial charge >= 0.3 is 0 Å². The Balaban J connectivity index is 2.18. The van der Waals surface area contributed by atoms with E-state index in [4.69, 9.17) is 0 Å². The van der Waals surface area contributed by atoms with Gasteiger partial charge in [-0.1, -0.05) is 29.8 Å². The Morgan fingerprint density at radius 2 is 1.88 bits per heavy atom. The van der Waals surface area contributed by atoms with Crippen LogP contribution in [0.5, 0.6) is 0 Å². The summed E-state index contributed by atoms with van der Waals surface area (Å²) in [6.07, 6.45) is 0. The number of hydrogen-bond acceptors (Lipinski definition) is 2. The Morgan fingerprint density at radius 3 is 2.47 bits per heavy atom. The molecule has 1 heterocycles. The fraction of sp³-hybridized carbons (Fsp3) is 0.600. The Kier molecular flexibility index (Phi) is 3.55. The van der Waals surface area contributed by atoms with Crippen molar-refractivity contribution in [1.82, 2.24) is 10.2 Å². The van der Waals surface area contributed by atoms with Gasteiger partial charge in [0.2, 0.25) is 0 Å². The summed E-state index contributed by atoms with van der Waals surface area (Å²) in [5.74, 6) is 0. The van der Waals surface area contributed by atoms with Crippen LogP contribution in [0.25, 0.3) is 0 Å². The molecule has 94 valence electrons. The molecule has 1 aliphatic heterocycles. The average Bonchev–Trinajstić information content (AvgIpc) is 2.28. The Morgan fingerprint density at radius 1 is 1.24 bits per heavy atom. The van der Waals surface area contributed by atoms with Gasteiger partial charge in [-0.25, -0.2) is 0 Å². The van der Waals surface area contributed by atoms with E-state index in [9.17, 15) is 0 Å². The van der Waals surface area contributed by atoms with Crippen molar-refractivity contribution in [2.75, 3.05) is 19.6 Å². The first-order valence-corrected chi connectivity index (χ1v) is 6.55. The van der Waals surface area contributed by atoms with Gasteiger partial charge < -0.3 is 5.32 Å². The lowest BCUT2D eigenvalue weighted by molar-refractivity contribution is 0.0516. The molecular formula is C15H24N2. The highest BCUT2D eigenvalue weighted by Gasteiger charge is 2.33. The lowest BCUT2D eigenvalue weighted by Crippen LogP contribution is -2.58. The van der Waals surface area contributed by atoms with Crippen molar-refractivity contribution in [3.05, 3.63) is 35.4 Å². The summed E-state index contributed by atoms with van der Waals surface area (Å²) in [7, 11) is 0. The van der Waals surface area contributed by atoms with Crippen molar-refractivity contribution in [2.45, 2.75) is 39.3 Å². The molecule has 0 aromatic heterocycles.